The highest BCUT2D eigenvalue weighted by atomic mass is 35.5. The lowest BCUT2D eigenvalue weighted by atomic mass is 10.2. The minimum Gasteiger partial charge on any atom is -0.467 e. The SMILES string of the molecule is CCC(=O)N(CCc1csc2nc(-c3ccc(Cl)cc3)cn12)Cc1ccco1. The topological polar surface area (TPSA) is 50.8 Å². The number of hydrogen-bond donors (Lipinski definition) is 0. The summed E-state index contributed by atoms with van der Waals surface area (Å²) >= 11 is 7.59. The Kier molecular flexibility index (Phi) is 5.50. The number of hydrogen-bond acceptors (Lipinski definition) is 4. The number of carbonyl (C=O) groups is 1. The zero-order valence-corrected chi connectivity index (χ0v) is 17.0. The third-order valence-corrected chi connectivity index (χ3v) is 5.78. The number of carbonyl (C=O) groups excluding carboxylic acids is 1. The highest BCUT2D eigenvalue weighted by Gasteiger charge is 2.16. The summed E-state index contributed by atoms with van der Waals surface area (Å²) in [6.07, 6.45) is 4.91. The van der Waals surface area contributed by atoms with Crippen LogP contribution in [0.3, 0.4) is 0 Å². The summed E-state index contributed by atoms with van der Waals surface area (Å²) in [5.41, 5.74) is 3.09. The van der Waals surface area contributed by atoms with Crippen molar-refractivity contribution in [3.63, 3.8) is 0 Å². The van der Waals surface area contributed by atoms with E-state index in [0.29, 0.717) is 24.5 Å². The van der Waals surface area contributed by atoms with E-state index in [1.165, 1.54) is 0 Å². The van der Waals surface area contributed by atoms with Gasteiger partial charge >= 0.3 is 0 Å². The van der Waals surface area contributed by atoms with Gasteiger partial charge in [-0.2, -0.15) is 0 Å². The van der Waals surface area contributed by atoms with Gasteiger partial charge in [-0.3, -0.25) is 9.20 Å². The molecule has 0 bridgehead atoms. The van der Waals surface area contributed by atoms with E-state index in [0.717, 1.165) is 34.1 Å². The molecule has 4 rings (SSSR count). The van der Waals surface area contributed by atoms with Crippen LogP contribution in [0, 0.1) is 0 Å². The van der Waals surface area contributed by atoms with Crippen LogP contribution in [0.2, 0.25) is 5.02 Å². The van der Waals surface area contributed by atoms with E-state index in [1.54, 1.807) is 17.6 Å². The molecule has 0 saturated carbocycles. The molecule has 3 aromatic heterocycles. The number of rotatable bonds is 7. The molecule has 144 valence electrons. The number of nitrogens with zero attached hydrogens (tertiary/aromatic N) is 3. The van der Waals surface area contributed by atoms with Crippen LogP contribution in [0.1, 0.15) is 24.8 Å². The van der Waals surface area contributed by atoms with Crippen molar-refractivity contribution < 1.29 is 9.21 Å². The number of imidazole rings is 1. The van der Waals surface area contributed by atoms with E-state index < -0.39 is 0 Å². The smallest absolute Gasteiger partial charge is 0.222 e. The minimum atomic E-state index is 0.121. The summed E-state index contributed by atoms with van der Waals surface area (Å²) < 4.78 is 7.52. The first kappa shape index (κ1) is 18.8. The minimum absolute atomic E-state index is 0.121. The van der Waals surface area contributed by atoms with Gasteiger partial charge in [-0.05, 0) is 24.3 Å². The van der Waals surface area contributed by atoms with Crippen LogP contribution >= 0.6 is 22.9 Å². The maximum Gasteiger partial charge on any atom is 0.222 e. The van der Waals surface area contributed by atoms with Gasteiger partial charge in [0.05, 0.1) is 18.5 Å². The van der Waals surface area contributed by atoms with Gasteiger partial charge in [-0.1, -0.05) is 30.7 Å². The molecule has 0 aliphatic rings. The first-order valence-corrected chi connectivity index (χ1v) is 10.4. The predicted octanol–water partition coefficient (Wildman–Crippen LogP) is 5.29. The quantitative estimate of drug-likeness (QED) is 0.413. The summed E-state index contributed by atoms with van der Waals surface area (Å²) in [6, 6.07) is 11.4. The molecule has 4 aromatic rings. The third kappa shape index (κ3) is 3.98. The Hall–Kier alpha value is -2.57. The summed E-state index contributed by atoms with van der Waals surface area (Å²) in [5.74, 6) is 0.917. The van der Waals surface area contributed by atoms with E-state index >= 15 is 0 Å². The molecule has 1 amide bonds. The van der Waals surface area contributed by atoms with E-state index in [9.17, 15) is 4.79 Å². The van der Waals surface area contributed by atoms with Crippen molar-refractivity contribution in [3.05, 3.63) is 70.7 Å². The lowest BCUT2D eigenvalue weighted by Crippen LogP contribution is -2.31. The van der Waals surface area contributed by atoms with Crippen molar-refractivity contribution in [1.29, 1.82) is 0 Å². The molecular formula is C21H20ClN3O2S. The van der Waals surface area contributed by atoms with E-state index in [4.69, 9.17) is 21.0 Å². The maximum absolute atomic E-state index is 12.3. The van der Waals surface area contributed by atoms with E-state index in [-0.39, 0.29) is 5.91 Å². The number of benzene rings is 1. The number of thiazole rings is 1. The van der Waals surface area contributed by atoms with Crippen LogP contribution < -0.4 is 0 Å². The molecule has 7 heteroatoms. The Morgan fingerprint density at radius 3 is 2.82 bits per heavy atom. The predicted molar refractivity (Wildman–Crippen MR) is 112 cm³/mol. The van der Waals surface area contributed by atoms with Crippen molar-refractivity contribution in [2.45, 2.75) is 26.3 Å². The normalized spacial score (nSPS) is 11.2. The molecule has 0 fully saturated rings. The van der Waals surface area contributed by atoms with Gasteiger partial charge in [-0.25, -0.2) is 4.98 Å². The van der Waals surface area contributed by atoms with Gasteiger partial charge < -0.3 is 9.32 Å². The summed E-state index contributed by atoms with van der Waals surface area (Å²) in [4.78, 5) is 19.8. The molecule has 0 N–H and O–H groups in total. The van der Waals surface area contributed by atoms with Gasteiger partial charge in [-0.15, -0.1) is 11.3 Å². The highest BCUT2D eigenvalue weighted by Crippen LogP contribution is 2.25. The Labute approximate surface area is 172 Å². The van der Waals surface area contributed by atoms with Gasteiger partial charge in [0.2, 0.25) is 5.91 Å². The molecule has 1 aromatic carbocycles. The average Bonchev–Trinajstić information content (AvgIpc) is 3.43. The van der Waals surface area contributed by atoms with E-state index in [2.05, 4.69) is 9.78 Å². The zero-order valence-electron chi connectivity index (χ0n) is 15.5. The van der Waals surface area contributed by atoms with Crippen LogP contribution in [0.5, 0.6) is 0 Å². The fraction of sp³-hybridized carbons (Fsp3) is 0.238. The first-order valence-electron chi connectivity index (χ1n) is 9.15. The van der Waals surface area contributed by atoms with Gasteiger partial charge in [0.15, 0.2) is 4.96 Å². The summed E-state index contributed by atoms with van der Waals surface area (Å²) in [6.45, 7) is 3.01. The van der Waals surface area contributed by atoms with Crippen LogP contribution in [0.4, 0.5) is 0 Å². The fourth-order valence-electron chi connectivity index (χ4n) is 3.12. The van der Waals surface area contributed by atoms with Crippen molar-refractivity contribution in [2.75, 3.05) is 6.54 Å². The van der Waals surface area contributed by atoms with Gasteiger partial charge in [0.1, 0.15) is 5.76 Å². The highest BCUT2D eigenvalue weighted by molar-refractivity contribution is 7.15. The molecule has 28 heavy (non-hydrogen) atoms. The lowest BCUT2D eigenvalue weighted by molar-refractivity contribution is -0.131. The van der Waals surface area contributed by atoms with Crippen molar-refractivity contribution >= 4 is 33.8 Å². The van der Waals surface area contributed by atoms with Crippen molar-refractivity contribution in [1.82, 2.24) is 14.3 Å². The monoisotopic (exact) mass is 413 g/mol. The van der Waals surface area contributed by atoms with Gasteiger partial charge in [0.25, 0.3) is 0 Å². The molecule has 3 heterocycles. The molecule has 0 aliphatic carbocycles. The van der Waals surface area contributed by atoms with Crippen LogP contribution in [-0.4, -0.2) is 26.7 Å². The van der Waals surface area contributed by atoms with Crippen molar-refractivity contribution in [3.8, 4) is 11.3 Å². The molecule has 5 nitrogen and oxygen atoms in total. The molecule has 0 aliphatic heterocycles. The molecule has 0 radical (unpaired) electrons. The summed E-state index contributed by atoms with van der Waals surface area (Å²) in [5, 5.41) is 2.82. The number of amides is 1. The Bertz CT molecular complexity index is 1070. The number of furan rings is 1. The number of halogens is 1. The molecular weight excluding hydrogens is 394 g/mol. The standard InChI is InChI=1S/C21H20ClN3O2S/c1-2-20(26)24(12-18-4-3-11-27-18)10-9-17-14-28-21-23-19(13-25(17)21)15-5-7-16(22)8-6-15/h3-8,11,13-14H,2,9-10,12H2,1H3. The second-order valence-corrected chi connectivity index (χ2v) is 7.78. The summed E-state index contributed by atoms with van der Waals surface area (Å²) in [7, 11) is 0. The van der Waals surface area contributed by atoms with Gasteiger partial charge in [0, 0.05) is 47.2 Å². The van der Waals surface area contributed by atoms with Crippen LogP contribution in [-0.2, 0) is 17.8 Å². The van der Waals surface area contributed by atoms with E-state index in [1.807, 2.05) is 54.4 Å². The maximum atomic E-state index is 12.3. The zero-order chi connectivity index (χ0) is 19.5. The Morgan fingerprint density at radius 1 is 1.29 bits per heavy atom. The molecule has 0 saturated heterocycles. The molecule has 0 unspecified atom stereocenters. The van der Waals surface area contributed by atoms with Crippen LogP contribution in [0.15, 0.2) is 58.7 Å². The molecule has 0 atom stereocenters. The Balaban J connectivity index is 1.52. The third-order valence-electron chi connectivity index (χ3n) is 4.64. The van der Waals surface area contributed by atoms with Crippen LogP contribution in [0.25, 0.3) is 16.2 Å². The number of aromatic nitrogens is 2. The first-order chi connectivity index (χ1) is 13.6. The second-order valence-electron chi connectivity index (χ2n) is 6.51. The molecule has 0 spiro atoms. The number of fused-ring (bicyclic) bond motifs is 1. The fourth-order valence-corrected chi connectivity index (χ4v) is 4.16. The Morgan fingerprint density at radius 2 is 2.11 bits per heavy atom. The lowest BCUT2D eigenvalue weighted by Gasteiger charge is -2.21. The second kappa shape index (κ2) is 8.20. The van der Waals surface area contributed by atoms with Crippen molar-refractivity contribution in [2.24, 2.45) is 0 Å². The largest absolute Gasteiger partial charge is 0.467 e. The average molecular weight is 414 g/mol.